The van der Waals surface area contributed by atoms with Crippen LogP contribution in [-0.4, -0.2) is 0 Å². The standard InChI is InChI=1S/C10H11Br2N/c1-10(11,12)9-4-2-3-7-5-13-6-8(7)9/h2-4,13H,5-6H2,1H3. The number of rotatable bonds is 1. The molecule has 1 aromatic rings. The number of hydrogen-bond acceptors (Lipinski definition) is 1. The molecule has 1 aromatic carbocycles. The number of halogens is 2. The van der Waals surface area contributed by atoms with Gasteiger partial charge in [-0.3, -0.25) is 0 Å². The molecule has 0 radical (unpaired) electrons. The molecule has 13 heavy (non-hydrogen) atoms. The van der Waals surface area contributed by atoms with Crippen molar-refractivity contribution in [1.82, 2.24) is 5.32 Å². The third-order valence-electron chi connectivity index (χ3n) is 2.36. The molecule has 0 spiro atoms. The molecule has 1 aliphatic heterocycles. The van der Waals surface area contributed by atoms with E-state index >= 15 is 0 Å². The summed E-state index contributed by atoms with van der Waals surface area (Å²) in [6.45, 7) is 4.10. The summed E-state index contributed by atoms with van der Waals surface area (Å²) in [5.41, 5.74) is 4.18. The van der Waals surface area contributed by atoms with Gasteiger partial charge in [0.1, 0.15) is 3.23 Å². The molecule has 0 saturated carbocycles. The summed E-state index contributed by atoms with van der Waals surface area (Å²) < 4.78 is -0.0998. The lowest BCUT2D eigenvalue weighted by molar-refractivity contribution is 0.761. The van der Waals surface area contributed by atoms with Crippen molar-refractivity contribution < 1.29 is 0 Å². The van der Waals surface area contributed by atoms with Crippen LogP contribution in [-0.2, 0) is 16.3 Å². The molecule has 1 N–H and O–H groups in total. The van der Waals surface area contributed by atoms with Crippen LogP contribution in [0.2, 0.25) is 0 Å². The molecule has 1 aliphatic rings. The van der Waals surface area contributed by atoms with E-state index in [4.69, 9.17) is 0 Å². The lowest BCUT2D eigenvalue weighted by Gasteiger charge is -2.18. The van der Waals surface area contributed by atoms with E-state index in [2.05, 4.69) is 62.3 Å². The van der Waals surface area contributed by atoms with E-state index in [1.54, 1.807) is 0 Å². The summed E-state index contributed by atoms with van der Waals surface area (Å²) in [5.74, 6) is 0. The maximum Gasteiger partial charge on any atom is 0.103 e. The summed E-state index contributed by atoms with van der Waals surface area (Å²) in [5, 5.41) is 3.36. The van der Waals surface area contributed by atoms with E-state index in [0.29, 0.717) is 0 Å². The van der Waals surface area contributed by atoms with E-state index in [0.717, 1.165) is 13.1 Å². The minimum Gasteiger partial charge on any atom is -0.309 e. The van der Waals surface area contributed by atoms with Gasteiger partial charge in [0.15, 0.2) is 0 Å². The molecule has 3 heteroatoms. The molecular weight excluding hydrogens is 294 g/mol. The quantitative estimate of drug-likeness (QED) is 0.785. The van der Waals surface area contributed by atoms with Crippen molar-refractivity contribution in [1.29, 1.82) is 0 Å². The van der Waals surface area contributed by atoms with Crippen molar-refractivity contribution in [3.05, 3.63) is 34.9 Å². The highest BCUT2D eigenvalue weighted by Gasteiger charge is 2.24. The van der Waals surface area contributed by atoms with E-state index in [1.807, 2.05) is 0 Å². The Labute approximate surface area is 95.2 Å². The van der Waals surface area contributed by atoms with Gasteiger partial charge in [0.05, 0.1) is 0 Å². The molecule has 1 nitrogen and oxygen atoms in total. The van der Waals surface area contributed by atoms with Gasteiger partial charge in [0, 0.05) is 13.1 Å². The lowest BCUT2D eigenvalue weighted by atomic mass is 10.0. The van der Waals surface area contributed by atoms with Crippen molar-refractivity contribution in [2.24, 2.45) is 0 Å². The number of hydrogen-bond donors (Lipinski definition) is 1. The van der Waals surface area contributed by atoms with Gasteiger partial charge < -0.3 is 5.32 Å². The monoisotopic (exact) mass is 303 g/mol. The second-order valence-electron chi connectivity index (χ2n) is 3.44. The largest absolute Gasteiger partial charge is 0.309 e. The average molecular weight is 305 g/mol. The van der Waals surface area contributed by atoms with Gasteiger partial charge in [-0.05, 0) is 23.6 Å². The molecule has 0 saturated heterocycles. The Morgan fingerprint density at radius 1 is 1.31 bits per heavy atom. The van der Waals surface area contributed by atoms with Crippen molar-refractivity contribution in [2.45, 2.75) is 23.2 Å². The first-order valence-electron chi connectivity index (χ1n) is 4.29. The fourth-order valence-electron chi connectivity index (χ4n) is 1.74. The van der Waals surface area contributed by atoms with Crippen molar-refractivity contribution in [2.75, 3.05) is 0 Å². The number of fused-ring (bicyclic) bond motifs is 1. The summed E-state index contributed by atoms with van der Waals surface area (Å²) in [6, 6.07) is 6.46. The second kappa shape index (κ2) is 3.37. The van der Waals surface area contributed by atoms with Crippen LogP contribution in [0.5, 0.6) is 0 Å². The van der Waals surface area contributed by atoms with E-state index < -0.39 is 0 Å². The molecule has 0 fully saturated rings. The van der Waals surface area contributed by atoms with Crippen LogP contribution in [0.25, 0.3) is 0 Å². The van der Waals surface area contributed by atoms with Crippen LogP contribution < -0.4 is 5.32 Å². The molecule has 0 aromatic heterocycles. The minimum atomic E-state index is -0.0998. The topological polar surface area (TPSA) is 12.0 Å². The van der Waals surface area contributed by atoms with Crippen LogP contribution in [0, 0.1) is 0 Å². The molecular formula is C10H11Br2N. The molecule has 0 bridgehead atoms. The Kier molecular flexibility index (Phi) is 2.51. The van der Waals surface area contributed by atoms with Crippen molar-refractivity contribution in [3.63, 3.8) is 0 Å². The molecule has 2 rings (SSSR count). The number of nitrogens with one attached hydrogen (secondary N) is 1. The Bertz CT molecular complexity index is 328. The summed E-state index contributed by atoms with van der Waals surface area (Å²) >= 11 is 7.26. The van der Waals surface area contributed by atoms with Gasteiger partial charge in [0.2, 0.25) is 0 Å². The zero-order valence-corrected chi connectivity index (χ0v) is 10.6. The van der Waals surface area contributed by atoms with E-state index in [9.17, 15) is 0 Å². The van der Waals surface area contributed by atoms with Gasteiger partial charge in [-0.1, -0.05) is 50.1 Å². The smallest absolute Gasteiger partial charge is 0.103 e. The third kappa shape index (κ3) is 1.83. The fourth-order valence-corrected chi connectivity index (χ4v) is 2.49. The molecule has 0 unspecified atom stereocenters. The van der Waals surface area contributed by atoms with E-state index in [-0.39, 0.29) is 3.23 Å². The first-order chi connectivity index (χ1) is 6.09. The Morgan fingerprint density at radius 2 is 2.08 bits per heavy atom. The predicted molar refractivity (Wildman–Crippen MR) is 62.2 cm³/mol. The Hall–Kier alpha value is 0.140. The second-order valence-corrected chi connectivity index (χ2v) is 7.67. The fraction of sp³-hybridized carbons (Fsp3) is 0.400. The normalized spacial score (nSPS) is 15.9. The summed E-state index contributed by atoms with van der Waals surface area (Å²) in [7, 11) is 0. The number of benzene rings is 1. The zero-order valence-electron chi connectivity index (χ0n) is 7.40. The maximum absolute atomic E-state index is 3.63. The van der Waals surface area contributed by atoms with Gasteiger partial charge in [-0.2, -0.15) is 0 Å². The maximum atomic E-state index is 3.63. The van der Waals surface area contributed by atoms with Crippen LogP contribution in [0.15, 0.2) is 18.2 Å². The molecule has 0 atom stereocenters. The highest BCUT2D eigenvalue weighted by molar-refractivity contribution is 9.24. The molecule has 70 valence electrons. The molecule has 1 heterocycles. The van der Waals surface area contributed by atoms with Crippen LogP contribution >= 0.6 is 31.9 Å². The van der Waals surface area contributed by atoms with Crippen molar-refractivity contribution >= 4 is 31.9 Å². The lowest BCUT2D eigenvalue weighted by Crippen LogP contribution is -2.07. The van der Waals surface area contributed by atoms with Crippen LogP contribution in [0.4, 0.5) is 0 Å². The van der Waals surface area contributed by atoms with Gasteiger partial charge in [-0.25, -0.2) is 0 Å². The highest BCUT2D eigenvalue weighted by Crippen LogP contribution is 2.40. The van der Waals surface area contributed by atoms with Gasteiger partial charge in [-0.15, -0.1) is 0 Å². The number of alkyl halides is 2. The van der Waals surface area contributed by atoms with Gasteiger partial charge >= 0.3 is 0 Å². The van der Waals surface area contributed by atoms with Crippen LogP contribution in [0.1, 0.15) is 23.6 Å². The first-order valence-corrected chi connectivity index (χ1v) is 5.87. The predicted octanol–water partition coefficient (Wildman–Crippen LogP) is 3.25. The van der Waals surface area contributed by atoms with Crippen molar-refractivity contribution in [3.8, 4) is 0 Å². The van der Waals surface area contributed by atoms with Gasteiger partial charge in [0.25, 0.3) is 0 Å². The Balaban J connectivity index is 2.54. The molecule has 0 aliphatic carbocycles. The Morgan fingerprint density at radius 3 is 2.77 bits per heavy atom. The minimum absolute atomic E-state index is 0.0998. The first kappa shape index (κ1) is 9.69. The summed E-state index contributed by atoms with van der Waals surface area (Å²) in [6.07, 6.45) is 0. The summed E-state index contributed by atoms with van der Waals surface area (Å²) in [4.78, 5) is 0. The highest BCUT2D eigenvalue weighted by atomic mass is 79.9. The SMILES string of the molecule is CC(Br)(Br)c1cccc2c1CNC2. The van der Waals surface area contributed by atoms with E-state index in [1.165, 1.54) is 16.7 Å². The zero-order chi connectivity index (χ0) is 9.47. The van der Waals surface area contributed by atoms with Crippen LogP contribution in [0.3, 0.4) is 0 Å². The molecule has 0 amide bonds. The third-order valence-corrected chi connectivity index (χ3v) is 3.22. The average Bonchev–Trinajstić information content (AvgIpc) is 2.48.